The van der Waals surface area contributed by atoms with Gasteiger partial charge in [0.15, 0.2) is 5.78 Å². The average Bonchev–Trinajstić information content (AvgIpc) is 2.65. The van der Waals surface area contributed by atoms with Crippen molar-refractivity contribution in [3.05, 3.63) is 36.4 Å². The number of ketones is 1. The molecular weight excluding hydrogens is 308 g/mol. The summed E-state index contributed by atoms with van der Waals surface area (Å²) in [4.78, 5) is 19.7. The summed E-state index contributed by atoms with van der Waals surface area (Å²) in [6.07, 6.45) is 25.0. The number of aromatic nitrogens is 2. The highest BCUT2D eigenvalue weighted by Gasteiger charge is 2.05. The smallest absolute Gasteiger partial charge is 0.181 e. The zero-order chi connectivity index (χ0) is 18.0. The highest BCUT2D eigenvalue weighted by molar-refractivity contribution is 5.93. The van der Waals surface area contributed by atoms with E-state index in [1.54, 1.807) is 12.3 Å². The van der Waals surface area contributed by atoms with Crippen molar-refractivity contribution < 1.29 is 4.79 Å². The molecule has 3 nitrogen and oxygen atoms in total. The Labute approximate surface area is 154 Å². The zero-order valence-corrected chi connectivity index (χ0v) is 16.1. The fourth-order valence-corrected chi connectivity index (χ4v) is 2.94. The number of Topliss-reactive ketones (excluding diaryl/α,β-unsaturated/α-hetero) is 1. The Balaban J connectivity index is 1.84. The lowest BCUT2D eigenvalue weighted by Gasteiger charge is -2.01. The molecule has 1 heterocycles. The predicted octanol–water partition coefficient (Wildman–Crippen LogP) is 6.70. The van der Waals surface area contributed by atoms with E-state index in [1.807, 2.05) is 0 Å². The lowest BCUT2D eigenvalue weighted by molar-refractivity contribution is 0.0974. The van der Waals surface area contributed by atoms with Gasteiger partial charge >= 0.3 is 0 Å². The van der Waals surface area contributed by atoms with Crippen molar-refractivity contribution in [3.63, 3.8) is 0 Å². The standard InChI is InChI=1S/C22H36N2O/c1-2-3-4-5-6-7-8-9-10-11-12-13-14-15-16-17-22(25)21-18-19-23-20-24-21/h9-10,18-20H,2-8,11-17H2,1H3/b10-9-. The summed E-state index contributed by atoms with van der Waals surface area (Å²) in [7, 11) is 0. The summed E-state index contributed by atoms with van der Waals surface area (Å²) in [6, 6.07) is 1.69. The molecule has 0 N–H and O–H groups in total. The van der Waals surface area contributed by atoms with Gasteiger partial charge in [-0.25, -0.2) is 9.97 Å². The molecule has 0 atom stereocenters. The highest BCUT2D eigenvalue weighted by atomic mass is 16.1. The monoisotopic (exact) mass is 344 g/mol. The van der Waals surface area contributed by atoms with Crippen molar-refractivity contribution in [1.29, 1.82) is 0 Å². The second kappa shape index (κ2) is 16.0. The van der Waals surface area contributed by atoms with Gasteiger partial charge in [-0.05, 0) is 38.2 Å². The zero-order valence-electron chi connectivity index (χ0n) is 16.1. The number of hydrogen-bond acceptors (Lipinski definition) is 3. The molecular formula is C22H36N2O. The Bertz CT molecular complexity index is 456. The maximum atomic E-state index is 11.9. The van der Waals surface area contributed by atoms with E-state index in [4.69, 9.17) is 0 Å². The fourth-order valence-electron chi connectivity index (χ4n) is 2.94. The van der Waals surface area contributed by atoms with E-state index >= 15 is 0 Å². The van der Waals surface area contributed by atoms with Crippen LogP contribution in [0.3, 0.4) is 0 Å². The quantitative estimate of drug-likeness (QED) is 0.190. The summed E-state index contributed by atoms with van der Waals surface area (Å²) >= 11 is 0. The van der Waals surface area contributed by atoms with E-state index in [9.17, 15) is 4.79 Å². The van der Waals surface area contributed by atoms with Crippen LogP contribution < -0.4 is 0 Å². The van der Waals surface area contributed by atoms with E-state index in [0.29, 0.717) is 12.1 Å². The van der Waals surface area contributed by atoms with Crippen LogP contribution in [0.2, 0.25) is 0 Å². The van der Waals surface area contributed by atoms with Gasteiger partial charge in [0.2, 0.25) is 0 Å². The molecule has 0 aromatic carbocycles. The molecule has 0 spiro atoms. The van der Waals surface area contributed by atoms with E-state index in [-0.39, 0.29) is 5.78 Å². The van der Waals surface area contributed by atoms with E-state index in [0.717, 1.165) is 12.8 Å². The van der Waals surface area contributed by atoms with Gasteiger partial charge in [-0.2, -0.15) is 0 Å². The Morgan fingerprint density at radius 2 is 1.48 bits per heavy atom. The van der Waals surface area contributed by atoms with Crippen molar-refractivity contribution in [2.45, 2.75) is 96.8 Å². The third-order valence-corrected chi connectivity index (χ3v) is 4.53. The predicted molar refractivity (Wildman–Crippen MR) is 106 cm³/mol. The van der Waals surface area contributed by atoms with Crippen LogP contribution in [0, 0.1) is 0 Å². The van der Waals surface area contributed by atoms with Crippen LogP contribution in [0.4, 0.5) is 0 Å². The molecule has 0 aliphatic rings. The second-order valence-corrected chi connectivity index (χ2v) is 6.85. The van der Waals surface area contributed by atoms with Gasteiger partial charge < -0.3 is 0 Å². The van der Waals surface area contributed by atoms with Gasteiger partial charge in [0.1, 0.15) is 12.0 Å². The molecule has 1 aromatic rings. The van der Waals surface area contributed by atoms with Crippen molar-refractivity contribution >= 4 is 5.78 Å². The highest BCUT2D eigenvalue weighted by Crippen LogP contribution is 2.11. The van der Waals surface area contributed by atoms with Crippen LogP contribution in [0.25, 0.3) is 0 Å². The van der Waals surface area contributed by atoms with Crippen molar-refractivity contribution in [2.75, 3.05) is 0 Å². The maximum absolute atomic E-state index is 11.9. The molecule has 1 rings (SSSR count). The van der Waals surface area contributed by atoms with Crippen LogP contribution in [-0.2, 0) is 0 Å². The van der Waals surface area contributed by atoms with E-state index in [2.05, 4.69) is 29.0 Å². The summed E-state index contributed by atoms with van der Waals surface area (Å²) in [5.74, 6) is 0.139. The van der Waals surface area contributed by atoms with Crippen molar-refractivity contribution in [2.24, 2.45) is 0 Å². The van der Waals surface area contributed by atoms with Crippen LogP contribution in [0.1, 0.15) is 107 Å². The molecule has 3 heteroatoms. The first-order valence-corrected chi connectivity index (χ1v) is 10.3. The maximum Gasteiger partial charge on any atom is 0.181 e. The lowest BCUT2D eigenvalue weighted by Crippen LogP contribution is -2.01. The van der Waals surface area contributed by atoms with E-state index in [1.165, 1.54) is 77.0 Å². The van der Waals surface area contributed by atoms with Crippen LogP contribution >= 0.6 is 0 Å². The number of carbonyl (C=O) groups excluding carboxylic acids is 1. The molecule has 140 valence electrons. The normalized spacial score (nSPS) is 11.2. The molecule has 0 radical (unpaired) electrons. The molecule has 0 aliphatic carbocycles. The molecule has 0 saturated carbocycles. The van der Waals surface area contributed by atoms with Gasteiger partial charge in [-0.3, -0.25) is 4.79 Å². The van der Waals surface area contributed by atoms with E-state index < -0.39 is 0 Å². The molecule has 0 amide bonds. The minimum atomic E-state index is 0.139. The first-order valence-electron chi connectivity index (χ1n) is 10.3. The minimum absolute atomic E-state index is 0.139. The Hall–Kier alpha value is -1.51. The van der Waals surface area contributed by atoms with Gasteiger partial charge in [0, 0.05) is 12.6 Å². The number of allylic oxidation sites excluding steroid dienone is 2. The van der Waals surface area contributed by atoms with Gasteiger partial charge in [-0.1, -0.05) is 70.4 Å². The number of carbonyl (C=O) groups is 1. The van der Waals surface area contributed by atoms with Crippen LogP contribution in [-0.4, -0.2) is 15.8 Å². The second-order valence-electron chi connectivity index (χ2n) is 6.85. The summed E-state index contributed by atoms with van der Waals surface area (Å²) < 4.78 is 0. The average molecular weight is 345 g/mol. The number of hydrogen-bond donors (Lipinski definition) is 0. The third-order valence-electron chi connectivity index (χ3n) is 4.53. The van der Waals surface area contributed by atoms with Gasteiger partial charge in [0.25, 0.3) is 0 Å². The number of rotatable bonds is 16. The minimum Gasteiger partial charge on any atom is -0.292 e. The summed E-state index contributed by atoms with van der Waals surface area (Å²) in [5, 5.41) is 0. The molecule has 0 fully saturated rings. The largest absolute Gasteiger partial charge is 0.292 e. The molecule has 0 unspecified atom stereocenters. The molecule has 0 saturated heterocycles. The summed E-state index contributed by atoms with van der Waals surface area (Å²) in [6.45, 7) is 2.27. The first-order chi connectivity index (χ1) is 12.3. The Kier molecular flexibility index (Phi) is 13.8. The first kappa shape index (κ1) is 21.5. The molecule has 0 bridgehead atoms. The van der Waals surface area contributed by atoms with Gasteiger partial charge in [-0.15, -0.1) is 0 Å². The fraction of sp³-hybridized carbons (Fsp3) is 0.682. The summed E-state index contributed by atoms with van der Waals surface area (Å²) in [5.41, 5.74) is 0.547. The topological polar surface area (TPSA) is 42.9 Å². The van der Waals surface area contributed by atoms with Crippen LogP contribution in [0.5, 0.6) is 0 Å². The third kappa shape index (κ3) is 12.5. The lowest BCUT2D eigenvalue weighted by atomic mass is 10.1. The molecule has 1 aromatic heterocycles. The number of unbranched alkanes of at least 4 members (excludes halogenated alkanes) is 11. The molecule has 0 aliphatic heterocycles. The SMILES string of the molecule is CCCCCCCC/C=C\CCCCCCCC(=O)c1ccncn1. The van der Waals surface area contributed by atoms with Crippen molar-refractivity contribution in [3.8, 4) is 0 Å². The van der Waals surface area contributed by atoms with Crippen LogP contribution in [0.15, 0.2) is 30.7 Å². The Morgan fingerprint density at radius 1 is 0.880 bits per heavy atom. The Morgan fingerprint density at radius 3 is 2.08 bits per heavy atom. The van der Waals surface area contributed by atoms with Gasteiger partial charge in [0.05, 0.1) is 0 Å². The number of nitrogens with zero attached hydrogens (tertiary/aromatic N) is 2. The molecule has 25 heavy (non-hydrogen) atoms. The van der Waals surface area contributed by atoms with Crippen molar-refractivity contribution in [1.82, 2.24) is 9.97 Å².